The third-order valence-corrected chi connectivity index (χ3v) is 4.24. The SMILES string of the molecule is COc1ccc(COc2cnc3oc(-c4ccc[n+](OC)c4)nc3c2)[n+](OC)c1. The topological polar surface area (TPSA) is 83.6 Å². The minimum absolute atomic E-state index is 0.280. The van der Waals surface area contributed by atoms with Crippen molar-refractivity contribution < 1.29 is 33.0 Å². The number of hydrogen-bond acceptors (Lipinski definition) is 7. The van der Waals surface area contributed by atoms with Crippen LogP contribution in [-0.4, -0.2) is 31.3 Å². The Morgan fingerprint density at radius 2 is 1.93 bits per heavy atom. The number of methoxy groups -OCH3 is 1. The second-order valence-corrected chi connectivity index (χ2v) is 6.01. The first kappa shape index (κ1) is 18.5. The molecular formula is C20H20N4O5+2. The monoisotopic (exact) mass is 396 g/mol. The Hall–Kier alpha value is -3.88. The van der Waals surface area contributed by atoms with Gasteiger partial charge in [0, 0.05) is 27.7 Å². The van der Waals surface area contributed by atoms with Gasteiger partial charge in [-0.05, 0) is 12.1 Å². The number of pyridine rings is 3. The van der Waals surface area contributed by atoms with Gasteiger partial charge >= 0.3 is 0 Å². The molecule has 0 atom stereocenters. The number of fused-ring (bicyclic) bond motifs is 1. The molecule has 4 aromatic rings. The van der Waals surface area contributed by atoms with Crippen molar-refractivity contribution in [3.8, 4) is 23.0 Å². The van der Waals surface area contributed by atoms with Crippen LogP contribution in [0.4, 0.5) is 0 Å². The van der Waals surface area contributed by atoms with Crippen LogP contribution in [0.5, 0.6) is 11.5 Å². The zero-order chi connectivity index (χ0) is 20.2. The van der Waals surface area contributed by atoms with Gasteiger partial charge in [-0.25, -0.2) is 9.97 Å². The van der Waals surface area contributed by atoms with Gasteiger partial charge in [-0.1, -0.05) is 0 Å². The zero-order valence-corrected chi connectivity index (χ0v) is 16.2. The molecule has 148 valence electrons. The van der Waals surface area contributed by atoms with Crippen LogP contribution in [0.15, 0.2) is 59.5 Å². The fourth-order valence-corrected chi connectivity index (χ4v) is 2.75. The van der Waals surface area contributed by atoms with E-state index in [2.05, 4.69) is 9.97 Å². The summed E-state index contributed by atoms with van der Waals surface area (Å²) in [6.07, 6.45) is 6.88. The Bertz CT molecular complexity index is 1140. The molecule has 29 heavy (non-hydrogen) atoms. The molecule has 0 saturated carbocycles. The molecule has 4 rings (SSSR count). The molecule has 0 bridgehead atoms. The minimum atomic E-state index is 0.280. The summed E-state index contributed by atoms with van der Waals surface area (Å²) in [6, 6.07) is 9.21. The van der Waals surface area contributed by atoms with Crippen molar-refractivity contribution in [1.82, 2.24) is 9.97 Å². The number of hydrogen-bond donors (Lipinski definition) is 0. The van der Waals surface area contributed by atoms with E-state index < -0.39 is 0 Å². The van der Waals surface area contributed by atoms with Gasteiger partial charge < -0.3 is 13.9 Å². The predicted octanol–water partition coefficient (Wildman–Crippen LogP) is 1.17. The van der Waals surface area contributed by atoms with Crippen molar-refractivity contribution >= 4 is 11.2 Å². The van der Waals surface area contributed by atoms with E-state index in [1.807, 2.05) is 24.3 Å². The van der Waals surface area contributed by atoms with Crippen molar-refractivity contribution in [3.05, 3.63) is 60.8 Å². The van der Waals surface area contributed by atoms with E-state index in [9.17, 15) is 0 Å². The van der Waals surface area contributed by atoms with Crippen molar-refractivity contribution in [2.45, 2.75) is 6.61 Å². The molecule has 0 N–H and O–H groups in total. The second-order valence-electron chi connectivity index (χ2n) is 6.01. The molecule has 0 radical (unpaired) electrons. The smallest absolute Gasteiger partial charge is 0.271 e. The van der Waals surface area contributed by atoms with Crippen LogP contribution in [0.25, 0.3) is 22.7 Å². The Labute approximate surface area is 166 Å². The van der Waals surface area contributed by atoms with Gasteiger partial charge in [0.05, 0.1) is 13.3 Å². The fraction of sp³-hybridized carbons (Fsp3) is 0.200. The highest BCUT2D eigenvalue weighted by Crippen LogP contribution is 2.24. The zero-order valence-electron chi connectivity index (χ0n) is 16.2. The maximum atomic E-state index is 5.86. The maximum absolute atomic E-state index is 5.86. The first-order valence-electron chi connectivity index (χ1n) is 8.79. The van der Waals surface area contributed by atoms with Gasteiger partial charge in [-0.15, -0.1) is 0 Å². The van der Waals surface area contributed by atoms with Crippen molar-refractivity contribution in [1.29, 1.82) is 0 Å². The Balaban J connectivity index is 1.55. The van der Waals surface area contributed by atoms with Crippen molar-refractivity contribution in [3.63, 3.8) is 0 Å². The minimum Gasteiger partial charge on any atom is -0.491 e. The summed E-state index contributed by atoms with van der Waals surface area (Å²) in [6.45, 7) is 0.280. The molecule has 4 heterocycles. The number of nitrogens with zero attached hydrogens (tertiary/aromatic N) is 4. The van der Waals surface area contributed by atoms with Gasteiger partial charge in [0.25, 0.3) is 11.9 Å². The third kappa shape index (κ3) is 3.88. The lowest BCUT2D eigenvalue weighted by atomic mass is 10.3. The number of rotatable bonds is 7. The molecule has 9 heteroatoms. The van der Waals surface area contributed by atoms with E-state index in [0.29, 0.717) is 28.6 Å². The Kier molecular flexibility index (Phi) is 5.10. The molecular weight excluding hydrogens is 376 g/mol. The van der Waals surface area contributed by atoms with E-state index in [-0.39, 0.29) is 6.61 Å². The Morgan fingerprint density at radius 1 is 1.03 bits per heavy atom. The van der Waals surface area contributed by atoms with Gasteiger partial charge in [0.2, 0.25) is 24.0 Å². The van der Waals surface area contributed by atoms with Crippen molar-refractivity contribution in [2.24, 2.45) is 0 Å². The highest BCUT2D eigenvalue weighted by atomic mass is 16.6. The van der Waals surface area contributed by atoms with Gasteiger partial charge in [-0.3, -0.25) is 9.68 Å². The third-order valence-electron chi connectivity index (χ3n) is 4.24. The quantitative estimate of drug-likeness (QED) is 0.434. The molecule has 4 aromatic heterocycles. The molecule has 0 aliphatic heterocycles. The lowest BCUT2D eigenvalue weighted by Gasteiger charge is -2.05. The normalized spacial score (nSPS) is 10.7. The van der Waals surface area contributed by atoms with E-state index in [1.165, 1.54) is 0 Å². The van der Waals surface area contributed by atoms with Crippen LogP contribution in [0, 0.1) is 0 Å². The van der Waals surface area contributed by atoms with Crippen LogP contribution in [0.2, 0.25) is 0 Å². The van der Waals surface area contributed by atoms with Gasteiger partial charge in [-0.2, -0.15) is 0 Å². The van der Waals surface area contributed by atoms with Crippen LogP contribution < -0.4 is 28.6 Å². The molecule has 0 aliphatic carbocycles. The van der Waals surface area contributed by atoms with E-state index in [0.717, 1.165) is 11.3 Å². The summed E-state index contributed by atoms with van der Waals surface area (Å²) in [5, 5.41) is 0. The molecule has 0 fully saturated rings. The summed E-state index contributed by atoms with van der Waals surface area (Å²) < 4.78 is 19.9. The largest absolute Gasteiger partial charge is 0.491 e. The number of aromatic nitrogens is 4. The first-order chi connectivity index (χ1) is 14.2. The molecule has 9 nitrogen and oxygen atoms in total. The van der Waals surface area contributed by atoms with Crippen LogP contribution in [-0.2, 0) is 6.61 Å². The van der Waals surface area contributed by atoms with Crippen LogP contribution in [0.3, 0.4) is 0 Å². The summed E-state index contributed by atoms with van der Waals surface area (Å²) in [7, 11) is 4.75. The van der Waals surface area contributed by atoms with E-state index in [1.54, 1.807) is 61.6 Å². The maximum Gasteiger partial charge on any atom is 0.271 e. The van der Waals surface area contributed by atoms with E-state index in [4.69, 9.17) is 23.6 Å². The van der Waals surface area contributed by atoms with Gasteiger partial charge in [0.15, 0.2) is 12.4 Å². The molecule has 0 amide bonds. The number of oxazole rings is 1. The lowest BCUT2D eigenvalue weighted by molar-refractivity contribution is -0.891. The Morgan fingerprint density at radius 3 is 2.72 bits per heavy atom. The average Bonchev–Trinajstić information content (AvgIpc) is 3.21. The average molecular weight is 396 g/mol. The molecule has 0 aliphatic rings. The summed E-state index contributed by atoms with van der Waals surface area (Å²) >= 11 is 0. The van der Waals surface area contributed by atoms with Crippen molar-refractivity contribution in [2.75, 3.05) is 21.3 Å². The summed E-state index contributed by atoms with van der Waals surface area (Å²) in [4.78, 5) is 19.3. The molecule has 0 spiro atoms. The summed E-state index contributed by atoms with van der Waals surface area (Å²) in [5.74, 6) is 1.70. The second kappa shape index (κ2) is 8.01. The molecule has 0 unspecified atom stereocenters. The lowest BCUT2D eigenvalue weighted by Crippen LogP contribution is -2.44. The molecule has 0 saturated heterocycles. The summed E-state index contributed by atoms with van der Waals surface area (Å²) in [5.41, 5.74) is 2.60. The highest BCUT2D eigenvalue weighted by molar-refractivity contribution is 5.73. The highest BCUT2D eigenvalue weighted by Gasteiger charge is 2.16. The van der Waals surface area contributed by atoms with E-state index >= 15 is 0 Å². The fourth-order valence-electron chi connectivity index (χ4n) is 2.75. The molecule has 0 aromatic carbocycles. The number of ether oxygens (including phenoxy) is 2. The van der Waals surface area contributed by atoms with Crippen LogP contribution >= 0.6 is 0 Å². The van der Waals surface area contributed by atoms with Crippen LogP contribution in [0.1, 0.15) is 5.69 Å². The standard InChI is InChI=1S/C20H20N4O5/c1-25-16-7-6-15(24(12-16)27-3)13-28-17-9-18-20(21-10-17)29-19(22-18)14-5-4-8-23(11-14)26-2/h4-12H,13H2,1-3H3/q+2. The predicted molar refractivity (Wildman–Crippen MR) is 100.0 cm³/mol. The van der Waals surface area contributed by atoms with Gasteiger partial charge in [0.1, 0.15) is 31.0 Å². The first-order valence-corrected chi connectivity index (χ1v) is 8.79.